The Bertz CT molecular complexity index is 347. The number of hydrogen-bond donors (Lipinski definition) is 2. The summed E-state index contributed by atoms with van der Waals surface area (Å²) in [5.74, 6) is 0.214. The number of benzene rings is 1. The zero-order valence-electron chi connectivity index (χ0n) is 8.80. The highest BCUT2D eigenvalue weighted by Crippen LogP contribution is 2.02. The fourth-order valence-electron chi connectivity index (χ4n) is 1.16. The molecule has 0 aromatic heterocycles. The van der Waals surface area contributed by atoms with Gasteiger partial charge in [-0.2, -0.15) is 0 Å². The Kier molecular flexibility index (Phi) is 5.64. The number of rotatable bonds is 5. The van der Waals surface area contributed by atoms with E-state index >= 15 is 0 Å². The van der Waals surface area contributed by atoms with Gasteiger partial charge in [-0.25, -0.2) is 9.18 Å². The second kappa shape index (κ2) is 7.06. The molecule has 0 bridgehead atoms. The van der Waals surface area contributed by atoms with Crippen molar-refractivity contribution in [2.45, 2.75) is 13.0 Å². The topological polar surface area (TPSA) is 41.1 Å². The first-order chi connectivity index (χ1) is 7.72. The number of carbonyl (C=O) groups is 1. The monoisotopic (exact) mass is 244 g/mol. The maximum absolute atomic E-state index is 12.8. The Morgan fingerprint density at radius 1 is 1.38 bits per heavy atom. The van der Waals surface area contributed by atoms with E-state index < -0.39 is 0 Å². The second-order valence-electron chi connectivity index (χ2n) is 3.28. The zero-order chi connectivity index (χ0) is 11.8. The van der Waals surface area contributed by atoms with Crippen LogP contribution >= 0.6 is 11.6 Å². The number of urea groups is 1. The predicted octanol–water partition coefficient (Wildman–Crippen LogP) is 2.25. The molecule has 1 rings (SSSR count). The molecule has 0 saturated heterocycles. The fraction of sp³-hybridized carbons (Fsp3) is 0.364. The van der Waals surface area contributed by atoms with Crippen LogP contribution < -0.4 is 10.6 Å². The molecule has 0 heterocycles. The molecule has 0 spiro atoms. The van der Waals surface area contributed by atoms with Crippen molar-refractivity contribution < 1.29 is 9.18 Å². The fourth-order valence-corrected chi connectivity index (χ4v) is 1.29. The van der Waals surface area contributed by atoms with E-state index in [-0.39, 0.29) is 11.8 Å². The van der Waals surface area contributed by atoms with Gasteiger partial charge in [0.1, 0.15) is 5.82 Å². The summed E-state index contributed by atoms with van der Waals surface area (Å²) in [5, 5.41) is 5.27. The van der Waals surface area contributed by atoms with Gasteiger partial charge in [-0.3, -0.25) is 0 Å². The van der Waals surface area contributed by atoms with E-state index in [1.165, 1.54) is 12.1 Å². The van der Waals surface area contributed by atoms with Crippen molar-refractivity contribution in [3.63, 3.8) is 0 Å². The van der Waals surface area contributed by atoms with E-state index in [1.54, 1.807) is 12.1 Å². The van der Waals surface area contributed by atoms with Gasteiger partial charge in [-0.15, -0.1) is 11.6 Å². The van der Waals surface area contributed by atoms with Crippen LogP contribution in [0.25, 0.3) is 0 Å². The largest absolute Gasteiger partial charge is 0.338 e. The summed E-state index contributed by atoms with van der Waals surface area (Å²) in [6.45, 7) is 0.850. The standard InChI is InChI=1S/C11H14ClFN2O/c12-5-2-6-14-11(16)15-8-9-3-1-4-10(13)7-9/h1,3-4,7H,2,5-6,8H2,(H2,14,15,16). The third-order valence-corrected chi connectivity index (χ3v) is 2.21. The van der Waals surface area contributed by atoms with Gasteiger partial charge in [0, 0.05) is 19.0 Å². The lowest BCUT2D eigenvalue weighted by molar-refractivity contribution is 0.240. The molecule has 0 aliphatic carbocycles. The molecule has 0 saturated carbocycles. The first-order valence-corrected chi connectivity index (χ1v) is 5.58. The molecule has 2 N–H and O–H groups in total. The third kappa shape index (κ3) is 4.98. The molecule has 3 nitrogen and oxygen atoms in total. The molecule has 0 aliphatic rings. The SMILES string of the molecule is O=C(NCCCCl)NCc1cccc(F)c1. The van der Waals surface area contributed by atoms with E-state index in [4.69, 9.17) is 11.6 Å². The van der Waals surface area contributed by atoms with Crippen LogP contribution in [-0.2, 0) is 6.54 Å². The molecule has 0 unspecified atom stereocenters. The van der Waals surface area contributed by atoms with Crippen molar-refractivity contribution in [2.24, 2.45) is 0 Å². The molecule has 0 aliphatic heterocycles. The van der Waals surface area contributed by atoms with Crippen LogP contribution in [0.4, 0.5) is 9.18 Å². The van der Waals surface area contributed by atoms with E-state index in [0.717, 1.165) is 12.0 Å². The highest BCUT2D eigenvalue weighted by atomic mass is 35.5. The number of amides is 2. The summed E-state index contributed by atoms with van der Waals surface area (Å²) in [6, 6.07) is 5.84. The van der Waals surface area contributed by atoms with Gasteiger partial charge in [0.15, 0.2) is 0 Å². The van der Waals surface area contributed by atoms with E-state index in [9.17, 15) is 9.18 Å². The number of carbonyl (C=O) groups excluding carboxylic acids is 1. The molecular formula is C11H14ClFN2O. The summed E-state index contributed by atoms with van der Waals surface area (Å²) in [6.07, 6.45) is 0.731. The molecular weight excluding hydrogens is 231 g/mol. The van der Waals surface area contributed by atoms with Crippen molar-refractivity contribution >= 4 is 17.6 Å². The molecule has 5 heteroatoms. The molecule has 0 radical (unpaired) electrons. The Balaban J connectivity index is 2.26. The van der Waals surface area contributed by atoms with Gasteiger partial charge in [0.2, 0.25) is 0 Å². The molecule has 1 aromatic carbocycles. The van der Waals surface area contributed by atoms with Gasteiger partial charge in [-0.1, -0.05) is 12.1 Å². The Labute approximate surface area is 99.0 Å². The van der Waals surface area contributed by atoms with Crippen molar-refractivity contribution in [1.29, 1.82) is 0 Å². The smallest absolute Gasteiger partial charge is 0.315 e. The first kappa shape index (κ1) is 12.8. The van der Waals surface area contributed by atoms with Crippen LogP contribution in [-0.4, -0.2) is 18.5 Å². The second-order valence-corrected chi connectivity index (χ2v) is 3.66. The highest BCUT2D eigenvalue weighted by molar-refractivity contribution is 6.17. The molecule has 0 atom stereocenters. The number of nitrogens with one attached hydrogen (secondary N) is 2. The lowest BCUT2D eigenvalue weighted by Gasteiger charge is -2.06. The third-order valence-electron chi connectivity index (χ3n) is 1.94. The quantitative estimate of drug-likeness (QED) is 0.605. The Morgan fingerprint density at radius 2 is 2.19 bits per heavy atom. The van der Waals surface area contributed by atoms with Gasteiger partial charge in [0.05, 0.1) is 0 Å². The maximum atomic E-state index is 12.8. The van der Waals surface area contributed by atoms with E-state index in [1.807, 2.05) is 0 Å². The van der Waals surface area contributed by atoms with Crippen molar-refractivity contribution in [1.82, 2.24) is 10.6 Å². The zero-order valence-corrected chi connectivity index (χ0v) is 9.56. The Hall–Kier alpha value is -1.29. The van der Waals surface area contributed by atoms with Crippen LogP contribution in [0, 0.1) is 5.82 Å². The summed E-state index contributed by atoms with van der Waals surface area (Å²) in [4.78, 5) is 11.2. The van der Waals surface area contributed by atoms with Gasteiger partial charge in [-0.05, 0) is 24.1 Å². The van der Waals surface area contributed by atoms with Gasteiger partial charge in [0.25, 0.3) is 0 Å². The van der Waals surface area contributed by atoms with E-state index in [2.05, 4.69) is 10.6 Å². The number of halogens is 2. The lowest BCUT2D eigenvalue weighted by Crippen LogP contribution is -2.35. The summed E-state index contributed by atoms with van der Waals surface area (Å²) < 4.78 is 12.8. The predicted molar refractivity (Wildman–Crippen MR) is 62.0 cm³/mol. The normalized spacial score (nSPS) is 9.88. The lowest BCUT2D eigenvalue weighted by atomic mass is 10.2. The minimum Gasteiger partial charge on any atom is -0.338 e. The number of alkyl halides is 1. The van der Waals surface area contributed by atoms with E-state index in [0.29, 0.717) is 19.0 Å². The summed E-state index contributed by atoms with van der Waals surface area (Å²) in [5.41, 5.74) is 0.729. The number of hydrogen-bond acceptors (Lipinski definition) is 1. The molecule has 88 valence electrons. The van der Waals surface area contributed by atoms with Gasteiger partial charge >= 0.3 is 6.03 Å². The van der Waals surface area contributed by atoms with Crippen molar-refractivity contribution in [2.75, 3.05) is 12.4 Å². The molecule has 0 fully saturated rings. The van der Waals surface area contributed by atoms with Crippen LogP contribution in [0.3, 0.4) is 0 Å². The Morgan fingerprint density at radius 3 is 2.88 bits per heavy atom. The van der Waals surface area contributed by atoms with Crippen LogP contribution in [0.1, 0.15) is 12.0 Å². The summed E-state index contributed by atoms with van der Waals surface area (Å²) >= 11 is 5.46. The minimum atomic E-state index is -0.304. The van der Waals surface area contributed by atoms with Crippen LogP contribution in [0.2, 0.25) is 0 Å². The molecule has 1 aromatic rings. The maximum Gasteiger partial charge on any atom is 0.315 e. The molecule has 16 heavy (non-hydrogen) atoms. The van der Waals surface area contributed by atoms with Crippen LogP contribution in [0.15, 0.2) is 24.3 Å². The van der Waals surface area contributed by atoms with Crippen LogP contribution in [0.5, 0.6) is 0 Å². The molecule has 2 amide bonds. The van der Waals surface area contributed by atoms with Crippen molar-refractivity contribution in [3.05, 3.63) is 35.6 Å². The minimum absolute atomic E-state index is 0.269. The van der Waals surface area contributed by atoms with Crippen molar-refractivity contribution in [3.8, 4) is 0 Å². The highest BCUT2D eigenvalue weighted by Gasteiger charge is 2.00. The summed E-state index contributed by atoms with van der Waals surface area (Å²) in [7, 11) is 0. The first-order valence-electron chi connectivity index (χ1n) is 5.04. The average molecular weight is 245 g/mol. The average Bonchev–Trinajstić information content (AvgIpc) is 2.27. The van der Waals surface area contributed by atoms with Gasteiger partial charge < -0.3 is 10.6 Å².